The largest absolute Gasteiger partial charge is 0.286 e. The van der Waals surface area contributed by atoms with Gasteiger partial charge in [-0.2, -0.15) is 0 Å². The summed E-state index contributed by atoms with van der Waals surface area (Å²) < 4.78 is 0. The summed E-state index contributed by atoms with van der Waals surface area (Å²) in [5.41, 5.74) is -0.111. The second-order valence-corrected chi connectivity index (χ2v) is 5.72. The molecule has 1 aliphatic heterocycles. The molecule has 0 bridgehead atoms. The van der Waals surface area contributed by atoms with Crippen molar-refractivity contribution in [3.63, 3.8) is 0 Å². The minimum absolute atomic E-state index is 0.111. The van der Waals surface area contributed by atoms with Crippen molar-refractivity contribution in [3.05, 3.63) is 24.3 Å². The topological polar surface area (TPSA) is 17.1 Å². The fourth-order valence-electron chi connectivity index (χ4n) is 3.12. The van der Waals surface area contributed by atoms with Gasteiger partial charge >= 0.3 is 0 Å². The van der Waals surface area contributed by atoms with Gasteiger partial charge in [0.05, 0.1) is 5.41 Å². The van der Waals surface area contributed by atoms with E-state index in [1.807, 2.05) is 0 Å². The number of carbonyl (C=O) groups excluding carboxylic acids is 1. The van der Waals surface area contributed by atoms with Crippen molar-refractivity contribution in [1.29, 1.82) is 0 Å². The van der Waals surface area contributed by atoms with Crippen LogP contribution in [-0.4, -0.2) is 10.4 Å². The molecule has 14 heavy (non-hydrogen) atoms. The van der Waals surface area contributed by atoms with Crippen molar-refractivity contribution in [1.82, 2.24) is 0 Å². The van der Waals surface area contributed by atoms with E-state index < -0.39 is 0 Å². The number of carbonyl (C=O) groups is 1. The van der Waals surface area contributed by atoms with Crippen LogP contribution in [0.25, 0.3) is 0 Å². The number of hydrogen-bond donors (Lipinski definition) is 0. The van der Waals surface area contributed by atoms with Crippen LogP contribution in [0.5, 0.6) is 0 Å². The maximum Gasteiger partial charge on any atom is 0.199 e. The van der Waals surface area contributed by atoms with Crippen molar-refractivity contribution in [2.45, 2.75) is 30.9 Å². The molecule has 0 N–H and O–H groups in total. The van der Waals surface area contributed by atoms with E-state index in [1.165, 1.54) is 19.3 Å². The third-order valence-corrected chi connectivity index (χ3v) is 5.31. The lowest BCUT2D eigenvalue weighted by Crippen LogP contribution is -2.31. The quantitative estimate of drug-likeness (QED) is 0.606. The van der Waals surface area contributed by atoms with Crippen LogP contribution in [-0.2, 0) is 4.79 Å². The first-order chi connectivity index (χ1) is 6.83. The van der Waals surface area contributed by atoms with E-state index in [2.05, 4.69) is 24.3 Å². The highest BCUT2D eigenvalue weighted by molar-refractivity contribution is 8.14. The summed E-state index contributed by atoms with van der Waals surface area (Å²) in [6.45, 7) is 0. The van der Waals surface area contributed by atoms with Gasteiger partial charge in [0.15, 0.2) is 5.12 Å². The van der Waals surface area contributed by atoms with Crippen LogP contribution in [0.15, 0.2) is 24.3 Å². The third-order valence-electron chi connectivity index (χ3n) is 3.85. The minimum Gasteiger partial charge on any atom is -0.286 e. The molecule has 0 aromatic carbocycles. The highest BCUT2D eigenvalue weighted by Gasteiger charge is 2.54. The van der Waals surface area contributed by atoms with Crippen LogP contribution in [0.1, 0.15) is 25.7 Å². The number of thioether (sulfide) groups is 1. The fraction of sp³-hybridized carbons (Fsp3) is 0.583. The Morgan fingerprint density at radius 2 is 2.29 bits per heavy atom. The van der Waals surface area contributed by atoms with Gasteiger partial charge in [0, 0.05) is 5.25 Å². The zero-order valence-corrected chi connectivity index (χ0v) is 8.93. The van der Waals surface area contributed by atoms with Crippen molar-refractivity contribution >= 4 is 16.9 Å². The molecule has 1 spiro atoms. The summed E-state index contributed by atoms with van der Waals surface area (Å²) in [4.78, 5) is 12.0. The molecule has 74 valence electrons. The van der Waals surface area contributed by atoms with E-state index in [1.54, 1.807) is 11.8 Å². The van der Waals surface area contributed by atoms with Crippen molar-refractivity contribution < 1.29 is 4.79 Å². The molecule has 0 radical (unpaired) electrons. The molecule has 3 atom stereocenters. The molecule has 1 saturated heterocycles. The molecule has 0 aromatic rings. The molecule has 2 fully saturated rings. The average Bonchev–Trinajstić information content (AvgIpc) is 2.74. The monoisotopic (exact) mass is 206 g/mol. The molecule has 3 rings (SSSR count). The number of allylic oxidation sites excluding steroid dienone is 4. The molecule has 1 heterocycles. The molecule has 2 heteroatoms. The van der Waals surface area contributed by atoms with Gasteiger partial charge in [-0.05, 0) is 25.2 Å². The lowest BCUT2D eigenvalue weighted by molar-refractivity contribution is -0.118. The molecule has 3 aliphatic rings. The Morgan fingerprint density at radius 3 is 3.07 bits per heavy atom. The fourth-order valence-corrected chi connectivity index (χ4v) is 4.74. The summed E-state index contributed by atoms with van der Waals surface area (Å²) in [6.07, 6.45) is 13.2. The predicted octanol–water partition coefficient (Wildman–Crippen LogP) is 2.93. The Bertz CT molecular complexity index is 331. The standard InChI is InChI=1S/C12H14OS/c13-11-12(7-2-1-3-8-12)9-5-4-6-10(9)14-11/h1-3,7,9-10H,4-6,8H2/t9-,10-,12-/m1/s1. The predicted molar refractivity (Wildman–Crippen MR) is 59.1 cm³/mol. The first-order valence-corrected chi connectivity index (χ1v) is 6.26. The number of hydrogen-bond acceptors (Lipinski definition) is 2. The van der Waals surface area contributed by atoms with Crippen LogP contribution in [0, 0.1) is 11.3 Å². The number of rotatable bonds is 0. The van der Waals surface area contributed by atoms with Gasteiger partial charge in [0.1, 0.15) is 0 Å². The molecule has 0 unspecified atom stereocenters. The Morgan fingerprint density at radius 1 is 1.36 bits per heavy atom. The molecule has 0 aromatic heterocycles. The molecular formula is C12H14OS. The van der Waals surface area contributed by atoms with E-state index in [4.69, 9.17) is 0 Å². The summed E-state index contributed by atoms with van der Waals surface area (Å²) in [5, 5.41) is 1.05. The molecule has 0 amide bonds. The molecule has 1 saturated carbocycles. The lowest BCUT2D eigenvalue weighted by Gasteiger charge is -2.29. The third kappa shape index (κ3) is 1.01. The summed E-state index contributed by atoms with van der Waals surface area (Å²) >= 11 is 1.62. The first kappa shape index (κ1) is 8.78. The van der Waals surface area contributed by atoms with Gasteiger partial charge in [-0.25, -0.2) is 0 Å². The average molecular weight is 206 g/mol. The van der Waals surface area contributed by atoms with Crippen LogP contribution >= 0.6 is 11.8 Å². The van der Waals surface area contributed by atoms with Gasteiger partial charge in [0.25, 0.3) is 0 Å². The van der Waals surface area contributed by atoms with Crippen molar-refractivity contribution in [2.75, 3.05) is 0 Å². The lowest BCUT2D eigenvalue weighted by atomic mass is 9.71. The Labute approximate surface area is 88.6 Å². The Kier molecular flexibility index (Phi) is 1.88. The number of fused-ring (bicyclic) bond motifs is 2. The normalized spacial score (nSPS) is 45.0. The first-order valence-electron chi connectivity index (χ1n) is 5.38. The van der Waals surface area contributed by atoms with Crippen LogP contribution in [0.2, 0.25) is 0 Å². The van der Waals surface area contributed by atoms with Gasteiger partial charge in [-0.1, -0.05) is 42.5 Å². The van der Waals surface area contributed by atoms with Gasteiger partial charge < -0.3 is 0 Å². The summed E-state index contributed by atoms with van der Waals surface area (Å²) in [7, 11) is 0. The molecule has 1 nitrogen and oxygen atoms in total. The Balaban J connectivity index is 2.00. The zero-order chi connectivity index (χ0) is 9.60. The SMILES string of the molecule is O=C1S[C@@H]2CCC[C@H]2[C@]12C=CC=CC2. The second kappa shape index (κ2) is 2.99. The highest BCUT2D eigenvalue weighted by atomic mass is 32.2. The molecular weight excluding hydrogens is 192 g/mol. The van der Waals surface area contributed by atoms with Gasteiger partial charge in [0.2, 0.25) is 0 Å². The maximum atomic E-state index is 12.0. The summed E-state index contributed by atoms with van der Waals surface area (Å²) in [5.74, 6) is 0.626. The van der Waals surface area contributed by atoms with Crippen molar-refractivity contribution in [2.24, 2.45) is 11.3 Å². The van der Waals surface area contributed by atoms with Crippen molar-refractivity contribution in [3.8, 4) is 0 Å². The van der Waals surface area contributed by atoms with Crippen LogP contribution < -0.4 is 0 Å². The Hall–Kier alpha value is -0.500. The van der Waals surface area contributed by atoms with Crippen LogP contribution in [0.4, 0.5) is 0 Å². The maximum absolute atomic E-state index is 12.0. The van der Waals surface area contributed by atoms with E-state index in [9.17, 15) is 4.79 Å². The smallest absolute Gasteiger partial charge is 0.199 e. The second-order valence-electron chi connectivity index (χ2n) is 4.51. The zero-order valence-electron chi connectivity index (χ0n) is 8.11. The molecule has 2 aliphatic carbocycles. The van der Waals surface area contributed by atoms with Gasteiger partial charge in [-0.3, -0.25) is 4.79 Å². The minimum atomic E-state index is -0.111. The van der Waals surface area contributed by atoms with E-state index in [-0.39, 0.29) is 5.41 Å². The van der Waals surface area contributed by atoms with E-state index in [0.29, 0.717) is 16.3 Å². The van der Waals surface area contributed by atoms with E-state index >= 15 is 0 Å². The van der Waals surface area contributed by atoms with Crippen LogP contribution in [0.3, 0.4) is 0 Å². The van der Waals surface area contributed by atoms with E-state index in [0.717, 1.165) is 6.42 Å². The highest BCUT2D eigenvalue weighted by Crippen LogP contribution is 2.57. The summed E-state index contributed by atoms with van der Waals surface area (Å²) in [6, 6.07) is 0. The van der Waals surface area contributed by atoms with Gasteiger partial charge in [-0.15, -0.1) is 0 Å².